The van der Waals surface area contributed by atoms with Gasteiger partial charge in [0, 0.05) is 31.9 Å². The van der Waals surface area contributed by atoms with Gasteiger partial charge in [0.1, 0.15) is 0 Å². The van der Waals surface area contributed by atoms with Gasteiger partial charge in [-0.2, -0.15) is 0 Å². The van der Waals surface area contributed by atoms with Gasteiger partial charge in [0.15, 0.2) is 0 Å². The Morgan fingerprint density at radius 3 is 2.58 bits per heavy atom. The van der Waals surface area contributed by atoms with E-state index in [1.54, 1.807) is 6.07 Å². The molecule has 0 unspecified atom stereocenters. The minimum Gasteiger partial charge on any atom is -0.465 e. The third-order valence-corrected chi connectivity index (χ3v) is 3.59. The number of hydrogen-bond donors (Lipinski definition) is 3. The Morgan fingerprint density at radius 1 is 1.37 bits per heavy atom. The number of halogens is 1. The number of nitrogen functional groups attached to an aromatic ring is 1. The van der Waals surface area contributed by atoms with Gasteiger partial charge in [-0.15, -0.1) is 0 Å². The van der Waals surface area contributed by atoms with Gasteiger partial charge < -0.3 is 20.6 Å². The molecule has 0 spiro atoms. The molecular weight excluding hydrogens is 268 g/mol. The zero-order valence-electron chi connectivity index (χ0n) is 10.7. The highest BCUT2D eigenvalue weighted by Gasteiger charge is 2.19. The third kappa shape index (κ3) is 3.21. The number of carboxylic acid groups (broad SMARTS) is 1. The van der Waals surface area contributed by atoms with Crippen LogP contribution >= 0.6 is 11.6 Å². The molecule has 19 heavy (non-hydrogen) atoms. The van der Waals surface area contributed by atoms with Gasteiger partial charge >= 0.3 is 6.09 Å². The first-order valence-corrected chi connectivity index (χ1v) is 6.37. The van der Waals surface area contributed by atoms with Crippen LogP contribution in [-0.2, 0) is 0 Å². The zero-order chi connectivity index (χ0) is 14.0. The number of nitrogens with one attached hydrogen (secondary N) is 1. The lowest BCUT2D eigenvalue weighted by atomic mass is 10.2. The van der Waals surface area contributed by atoms with Gasteiger partial charge in [-0.1, -0.05) is 11.6 Å². The van der Waals surface area contributed by atoms with Crippen molar-refractivity contribution in [3.05, 3.63) is 17.2 Å². The zero-order valence-corrected chi connectivity index (χ0v) is 11.4. The van der Waals surface area contributed by atoms with E-state index < -0.39 is 6.09 Å². The van der Waals surface area contributed by atoms with E-state index in [-0.39, 0.29) is 0 Å². The van der Waals surface area contributed by atoms with Crippen LogP contribution < -0.4 is 16.0 Å². The van der Waals surface area contributed by atoms with Crippen molar-refractivity contribution in [2.24, 2.45) is 0 Å². The predicted molar refractivity (Wildman–Crippen MR) is 77.2 cm³/mol. The minimum atomic E-state index is -1.12. The lowest BCUT2D eigenvalue weighted by Crippen LogP contribution is -2.44. The first-order valence-electron chi connectivity index (χ1n) is 6.00. The fourth-order valence-electron chi connectivity index (χ4n) is 2.10. The molecule has 1 aromatic rings. The summed E-state index contributed by atoms with van der Waals surface area (Å²) in [5.74, 6) is 0. The number of rotatable bonds is 2. The largest absolute Gasteiger partial charge is 0.465 e. The molecule has 0 aliphatic carbocycles. The van der Waals surface area contributed by atoms with Gasteiger partial charge in [-0.25, -0.2) is 4.79 Å². The van der Waals surface area contributed by atoms with Gasteiger partial charge in [-0.3, -0.25) is 5.32 Å². The molecule has 2 rings (SSSR count). The van der Waals surface area contributed by atoms with Crippen LogP contribution in [0.15, 0.2) is 12.1 Å². The first kappa shape index (κ1) is 13.8. The second-order valence-corrected chi connectivity index (χ2v) is 5.00. The SMILES string of the molecule is CN1CCN(c2cc(NC(=O)O)cc(N)c2Cl)CC1. The van der Waals surface area contributed by atoms with Crippen molar-refractivity contribution in [2.75, 3.05) is 49.2 Å². The quantitative estimate of drug-likeness (QED) is 0.721. The van der Waals surface area contributed by atoms with Gasteiger partial charge in [-0.05, 0) is 19.2 Å². The molecule has 1 heterocycles. The molecule has 7 heteroatoms. The summed E-state index contributed by atoms with van der Waals surface area (Å²) in [7, 11) is 2.07. The second-order valence-electron chi connectivity index (χ2n) is 4.62. The van der Waals surface area contributed by atoms with E-state index in [1.807, 2.05) is 0 Å². The van der Waals surface area contributed by atoms with Crippen molar-refractivity contribution >= 4 is 34.8 Å². The summed E-state index contributed by atoms with van der Waals surface area (Å²) in [5.41, 5.74) is 7.42. The standard InChI is InChI=1S/C12H17ClN4O2/c1-16-2-4-17(5-3-16)10-7-8(15-12(18)19)6-9(14)11(10)13/h6-7,15H,2-5,14H2,1H3,(H,18,19). The first-order chi connectivity index (χ1) is 8.97. The highest BCUT2D eigenvalue weighted by atomic mass is 35.5. The third-order valence-electron chi connectivity index (χ3n) is 3.18. The van der Waals surface area contributed by atoms with Crippen molar-refractivity contribution in [3.63, 3.8) is 0 Å². The number of amides is 1. The van der Waals surface area contributed by atoms with Crippen molar-refractivity contribution in [1.29, 1.82) is 0 Å². The van der Waals surface area contributed by atoms with Gasteiger partial charge in [0.05, 0.1) is 16.4 Å². The Hall–Kier alpha value is -1.66. The molecule has 0 saturated carbocycles. The molecule has 6 nitrogen and oxygen atoms in total. The Labute approximate surface area is 116 Å². The molecule has 0 atom stereocenters. The second kappa shape index (κ2) is 5.54. The molecule has 0 radical (unpaired) electrons. The van der Waals surface area contributed by atoms with E-state index in [9.17, 15) is 4.79 Å². The Balaban J connectivity index is 2.27. The number of nitrogens with zero attached hydrogens (tertiary/aromatic N) is 2. The van der Waals surface area contributed by atoms with Gasteiger partial charge in [0.2, 0.25) is 0 Å². The maximum Gasteiger partial charge on any atom is 0.409 e. The van der Waals surface area contributed by atoms with E-state index >= 15 is 0 Å². The maximum atomic E-state index is 10.7. The van der Waals surface area contributed by atoms with E-state index in [0.717, 1.165) is 31.9 Å². The minimum absolute atomic E-state index is 0.377. The number of anilines is 3. The van der Waals surface area contributed by atoms with Crippen molar-refractivity contribution in [3.8, 4) is 0 Å². The smallest absolute Gasteiger partial charge is 0.409 e. The lowest BCUT2D eigenvalue weighted by molar-refractivity contribution is 0.210. The summed E-state index contributed by atoms with van der Waals surface area (Å²) in [4.78, 5) is 15.0. The topological polar surface area (TPSA) is 81.8 Å². The maximum absolute atomic E-state index is 10.7. The highest BCUT2D eigenvalue weighted by Crippen LogP contribution is 2.35. The Morgan fingerprint density at radius 2 is 2.00 bits per heavy atom. The number of nitrogens with two attached hydrogens (primary N) is 1. The molecule has 1 aliphatic heterocycles. The molecule has 1 fully saturated rings. The lowest BCUT2D eigenvalue weighted by Gasteiger charge is -2.34. The van der Waals surface area contributed by atoms with Crippen molar-refractivity contribution < 1.29 is 9.90 Å². The molecule has 1 amide bonds. The summed E-state index contributed by atoms with van der Waals surface area (Å²) in [6, 6.07) is 3.24. The highest BCUT2D eigenvalue weighted by molar-refractivity contribution is 6.36. The summed E-state index contributed by atoms with van der Waals surface area (Å²) in [6.07, 6.45) is -1.12. The van der Waals surface area contributed by atoms with E-state index in [1.165, 1.54) is 6.07 Å². The van der Waals surface area contributed by atoms with E-state index in [0.29, 0.717) is 16.4 Å². The van der Waals surface area contributed by atoms with Crippen molar-refractivity contribution in [2.45, 2.75) is 0 Å². The molecular formula is C12H17ClN4O2. The van der Waals surface area contributed by atoms with Crippen LogP contribution in [0.5, 0.6) is 0 Å². The fourth-order valence-corrected chi connectivity index (χ4v) is 2.33. The Kier molecular flexibility index (Phi) is 4.01. The number of hydrogen-bond acceptors (Lipinski definition) is 4. The monoisotopic (exact) mass is 284 g/mol. The molecule has 1 aromatic carbocycles. The van der Waals surface area contributed by atoms with Crippen LogP contribution in [-0.4, -0.2) is 49.3 Å². The number of carbonyl (C=O) groups is 1. The van der Waals surface area contributed by atoms with Crippen LogP contribution in [0.25, 0.3) is 0 Å². The summed E-state index contributed by atoms with van der Waals surface area (Å²) < 4.78 is 0. The van der Waals surface area contributed by atoms with E-state index in [2.05, 4.69) is 22.2 Å². The molecule has 1 saturated heterocycles. The molecule has 0 bridgehead atoms. The van der Waals surface area contributed by atoms with Crippen LogP contribution in [0.3, 0.4) is 0 Å². The van der Waals surface area contributed by atoms with Crippen molar-refractivity contribution in [1.82, 2.24) is 4.90 Å². The summed E-state index contributed by atoms with van der Waals surface area (Å²) in [6.45, 7) is 3.55. The summed E-state index contributed by atoms with van der Waals surface area (Å²) in [5, 5.41) is 11.5. The number of likely N-dealkylation sites (N-methyl/N-ethyl adjacent to an activating group) is 1. The van der Waals surface area contributed by atoms with Gasteiger partial charge in [0.25, 0.3) is 0 Å². The van der Waals surface area contributed by atoms with Crippen LogP contribution in [0.2, 0.25) is 5.02 Å². The average Bonchev–Trinajstić information content (AvgIpc) is 2.34. The molecule has 1 aliphatic rings. The molecule has 0 aromatic heterocycles. The fraction of sp³-hybridized carbons (Fsp3) is 0.417. The Bertz CT molecular complexity index is 487. The normalized spacial score (nSPS) is 16.4. The van der Waals surface area contributed by atoms with Crippen LogP contribution in [0.4, 0.5) is 21.9 Å². The predicted octanol–water partition coefficient (Wildman–Crippen LogP) is 1.76. The average molecular weight is 285 g/mol. The summed E-state index contributed by atoms with van der Waals surface area (Å²) >= 11 is 6.22. The van der Waals surface area contributed by atoms with Crippen LogP contribution in [0, 0.1) is 0 Å². The van der Waals surface area contributed by atoms with Crippen LogP contribution in [0.1, 0.15) is 0 Å². The molecule has 4 N–H and O–H groups in total. The molecule has 104 valence electrons. The number of benzene rings is 1. The van der Waals surface area contributed by atoms with E-state index in [4.69, 9.17) is 22.4 Å². The number of piperazine rings is 1.